The molecule has 8 heteroatoms. The molecule has 0 aliphatic heterocycles. The first-order chi connectivity index (χ1) is 8.97. The van der Waals surface area contributed by atoms with Crippen molar-refractivity contribution in [2.24, 2.45) is 5.14 Å². The summed E-state index contributed by atoms with van der Waals surface area (Å²) in [5, 5.41) is 4.89. The average molecular weight is 285 g/mol. The fourth-order valence-corrected chi connectivity index (χ4v) is 1.98. The van der Waals surface area contributed by atoms with Crippen molar-refractivity contribution in [3.8, 4) is 5.75 Å². The lowest BCUT2D eigenvalue weighted by atomic mass is 10.3. The van der Waals surface area contributed by atoms with Crippen molar-refractivity contribution in [2.45, 2.75) is 11.4 Å². The molecule has 0 amide bonds. The molecule has 0 unspecified atom stereocenters. The van der Waals surface area contributed by atoms with Gasteiger partial charge in [-0.05, 0) is 18.2 Å². The number of halogens is 1. The van der Waals surface area contributed by atoms with Crippen molar-refractivity contribution in [2.75, 3.05) is 6.61 Å². The lowest BCUT2D eigenvalue weighted by molar-refractivity contribution is 0.284. The molecule has 0 spiro atoms. The maximum absolute atomic E-state index is 13.6. The number of hydrogen-bond donors (Lipinski definition) is 1. The lowest BCUT2D eigenvalue weighted by Crippen LogP contribution is -2.13. The zero-order chi connectivity index (χ0) is 13.9. The van der Waals surface area contributed by atoms with E-state index in [1.807, 2.05) is 0 Å². The van der Waals surface area contributed by atoms with Gasteiger partial charge >= 0.3 is 0 Å². The molecule has 0 aliphatic rings. The molecule has 19 heavy (non-hydrogen) atoms. The number of hydrogen-bond acceptors (Lipinski definition) is 4. The van der Waals surface area contributed by atoms with Crippen LogP contribution >= 0.6 is 0 Å². The number of imidazole rings is 1. The van der Waals surface area contributed by atoms with Crippen LogP contribution in [0.4, 0.5) is 4.39 Å². The van der Waals surface area contributed by atoms with E-state index in [-0.39, 0.29) is 17.3 Å². The molecule has 1 heterocycles. The molecular formula is C11H12FN3O3S. The first kappa shape index (κ1) is 13.5. The molecule has 0 atom stereocenters. The van der Waals surface area contributed by atoms with Crippen LogP contribution in [0.25, 0.3) is 0 Å². The Bertz CT molecular complexity index is 656. The number of ether oxygens (including phenoxy) is 1. The summed E-state index contributed by atoms with van der Waals surface area (Å²) in [5.74, 6) is -0.787. The first-order valence-corrected chi connectivity index (χ1v) is 6.92. The van der Waals surface area contributed by atoms with Gasteiger partial charge in [-0.25, -0.2) is 22.9 Å². The molecule has 1 aromatic carbocycles. The molecule has 2 rings (SSSR count). The molecule has 6 nitrogen and oxygen atoms in total. The van der Waals surface area contributed by atoms with Gasteiger partial charge in [-0.1, -0.05) is 0 Å². The van der Waals surface area contributed by atoms with Gasteiger partial charge in [0.15, 0.2) is 11.6 Å². The second-order valence-corrected chi connectivity index (χ2v) is 5.35. The van der Waals surface area contributed by atoms with Crippen LogP contribution in [0.15, 0.2) is 41.8 Å². The minimum Gasteiger partial charge on any atom is -0.489 e. The molecule has 102 valence electrons. The Morgan fingerprint density at radius 3 is 2.79 bits per heavy atom. The molecule has 0 bridgehead atoms. The minimum atomic E-state index is -3.91. The van der Waals surface area contributed by atoms with Gasteiger partial charge in [0.05, 0.1) is 17.8 Å². The summed E-state index contributed by atoms with van der Waals surface area (Å²) in [6.07, 6.45) is 5.00. The van der Waals surface area contributed by atoms with Crippen LogP contribution in [0.5, 0.6) is 5.75 Å². The van der Waals surface area contributed by atoms with Crippen LogP contribution in [0, 0.1) is 5.82 Å². The summed E-state index contributed by atoms with van der Waals surface area (Å²) < 4.78 is 42.6. The SMILES string of the molecule is NS(=O)(=O)c1ccc(OCCn2ccnc2)c(F)c1. The highest BCUT2D eigenvalue weighted by Gasteiger charge is 2.12. The Morgan fingerprint density at radius 2 is 2.21 bits per heavy atom. The summed E-state index contributed by atoms with van der Waals surface area (Å²) in [4.78, 5) is 3.57. The number of rotatable bonds is 5. The Labute approximate surface area is 109 Å². The van der Waals surface area contributed by atoms with Gasteiger partial charge in [0.1, 0.15) is 6.61 Å². The van der Waals surface area contributed by atoms with Gasteiger partial charge in [0.2, 0.25) is 10.0 Å². The van der Waals surface area contributed by atoms with Crippen molar-refractivity contribution in [3.63, 3.8) is 0 Å². The van der Waals surface area contributed by atoms with E-state index in [2.05, 4.69) is 4.98 Å². The molecular weight excluding hydrogens is 273 g/mol. The number of aromatic nitrogens is 2. The second-order valence-electron chi connectivity index (χ2n) is 3.79. The number of nitrogens with zero attached hydrogens (tertiary/aromatic N) is 2. The number of primary sulfonamides is 1. The van der Waals surface area contributed by atoms with Crippen molar-refractivity contribution in [1.82, 2.24) is 9.55 Å². The third-order valence-corrected chi connectivity index (χ3v) is 3.31. The summed E-state index contributed by atoms with van der Waals surface area (Å²) in [7, 11) is -3.91. The third kappa shape index (κ3) is 3.52. The van der Waals surface area contributed by atoms with Crippen LogP contribution in [0.2, 0.25) is 0 Å². The van der Waals surface area contributed by atoms with E-state index in [4.69, 9.17) is 9.88 Å². The van der Waals surface area contributed by atoms with Gasteiger partial charge in [-0.15, -0.1) is 0 Å². The Morgan fingerprint density at radius 1 is 1.42 bits per heavy atom. The van der Waals surface area contributed by atoms with Crippen molar-refractivity contribution in [1.29, 1.82) is 0 Å². The highest BCUT2D eigenvalue weighted by molar-refractivity contribution is 7.89. The molecule has 1 aromatic heterocycles. The van der Waals surface area contributed by atoms with Gasteiger partial charge in [-0.3, -0.25) is 0 Å². The first-order valence-electron chi connectivity index (χ1n) is 5.38. The summed E-state index contributed by atoms with van der Waals surface area (Å²) in [6.45, 7) is 0.748. The standard InChI is InChI=1S/C11H12FN3O3S/c12-10-7-9(19(13,16)17)1-2-11(10)18-6-5-15-4-3-14-8-15/h1-4,7-8H,5-6H2,(H2,13,16,17). The van der Waals surface area contributed by atoms with E-state index in [0.717, 1.165) is 6.07 Å². The number of sulfonamides is 1. The fraction of sp³-hybridized carbons (Fsp3) is 0.182. The predicted molar refractivity (Wildman–Crippen MR) is 65.5 cm³/mol. The highest BCUT2D eigenvalue weighted by atomic mass is 32.2. The van der Waals surface area contributed by atoms with Crippen molar-refractivity contribution >= 4 is 10.0 Å². The average Bonchev–Trinajstić information content (AvgIpc) is 2.83. The van der Waals surface area contributed by atoms with E-state index in [1.165, 1.54) is 12.1 Å². The van der Waals surface area contributed by atoms with Crippen LogP contribution in [0.1, 0.15) is 0 Å². The Kier molecular flexibility index (Phi) is 3.82. The monoisotopic (exact) mass is 285 g/mol. The van der Waals surface area contributed by atoms with Crippen LogP contribution < -0.4 is 9.88 Å². The third-order valence-electron chi connectivity index (χ3n) is 2.40. The molecule has 0 saturated carbocycles. The minimum absolute atomic E-state index is 0.0208. The largest absolute Gasteiger partial charge is 0.489 e. The van der Waals surface area contributed by atoms with E-state index in [0.29, 0.717) is 6.54 Å². The molecule has 0 radical (unpaired) electrons. The quantitative estimate of drug-likeness (QED) is 0.878. The van der Waals surface area contributed by atoms with Crippen LogP contribution in [-0.2, 0) is 16.6 Å². The van der Waals surface area contributed by atoms with E-state index in [9.17, 15) is 12.8 Å². The fourth-order valence-electron chi connectivity index (χ4n) is 1.46. The number of benzene rings is 1. The summed E-state index contributed by atoms with van der Waals surface area (Å²) >= 11 is 0. The number of nitrogens with two attached hydrogens (primary N) is 1. The Balaban J connectivity index is 2.01. The predicted octanol–water partition coefficient (Wildman–Crippen LogP) is 0.749. The topological polar surface area (TPSA) is 87.2 Å². The van der Waals surface area contributed by atoms with Crippen molar-refractivity contribution in [3.05, 3.63) is 42.7 Å². The van der Waals surface area contributed by atoms with E-state index < -0.39 is 15.8 Å². The molecule has 2 aromatic rings. The maximum atomic E-state index is 13.6. The second kappa shape index (κ2) is 5.37. The summed E-state index contributed by atoms with van der Waals surface area (Å²) in [6, 6.07) is 3.27. The van der Waals surface area contributed by atoms with Crippen LogP contribution in [0.3, 0.4) is 0 Å². The molecule has 2 N–H and O–H groups in total. The van der Waals surface area contributed by atoms with E-state index >= 15 is 0 Å². The van der Waals surface area contributed by atoms with E-state index in [1.54, 1.807) is 23.3 Å². The molecule has 0 saturated heterocycles. The maximum Gasteiger partial charge on any atom is 0.238 e. The zero-order valence-corrected chi connectivity index (χ0v) is 10.7. The Hall–Kier alpha value is -1.93. The molecule has 0 aliphatic carbocycles. The summed E-state index contributed by atoms with van der Waals surface area (Å²) in [5.41, 5.74) is 0. The smallest absolute Gasteiger partial charge is 0.238 e. The normalized spacial score (nSPS) is 11.5. The van der Waals surface area contributed by atoms with Crippen LogP contribution in [-0.4, -0.2) is 24.6 Å². The van der Waals surface area contributed by atoms with Gasteiger partial charge < -0.3 is 9.30 Å². The van der Waals surface area contributed by atoms with Gasteiger partial charge in [0.25, 0.3) is 0 Å². The highest BCUT2D eigenvalue weighted by Crippen LogP contribution is 2.20. The lowest BCUT2D eigenvalue weighted by Gasteiger charge is -2.08. The van der Waals surface area contributed by atoms with Gasteiger partial charge in [-0.2, -0.15) is 0 Å². The molecule has 0 fully saturated rings. The van der Waals surface area contributed by atoms with Crippen molar-refractivity contribution < 1.29 is 17.5 Å². The zero-order valence-electron chi connectivity index (χ0n) is 9.86. The van der Waals surface area contributed by atoms with Gasteiger partial charge in [0, 0.05) is 12.4 Å².